The van der Waals surface area contributed by atoms with Gasteiger partial charge in [-0.05, 0) is 44.5 Å². The summed E-state index contributed by atoms with van der Waals surface area (Å²) in [5.41, 5.74) is 6.95. The second-order valence-electron chi connectivity index (χ2n) is 5.32. The molecule has 1 fully saturated rings. The van der Waals surface area contributed by atoms with Crippen molar-refractivity contribution < 1.29 is 9.47 Å². The summed E-state index contributed by atoms with van der Waals surface area (Å²) in [7, 11) is 3.82. The van der Waals surface area contributed by atoms with Gasteiger partial charge in [-0.1, -0.05) is 6.07 Å². The van der Waals surface area contributed by atoms with Gasteiger partial charge in [-0.3, -0.25) is 0 Å². The molecular weight excluding hydrogens is 240 g/mol. The fourth-order valence-corrected chi connectivity index (χ4v) is 2.35. The van der Waals surface area contributed by atoms with E-state index in [1.165, 1.54) is 0 Å². The standard InChI is InChI=1S/C15H24N2O2/c1-11(16)12-4-5-14(15(10-12)18-3)19-13-6-8-17(2)9-7-13/h4-5,10-11,13H,6-9,16H2,1-3H3. The van der Waals surface area contributed by atoms with Crippen molar-refractivity contribution in [1.82, 2.24) is 4.90 Å². The van der Waals surface area contributed by atoms with Crippen molar-refractivity contribution in [2.24, 2.45) is 5.73 Å². The molecule has 1 atom stereocenters. The van der Waals surface area contributed by atoms with Crippen LogP contribution < -0.4 is 15.2 Å². The highest BCUT2D eigenvalue weighted by atomic mass is 16.5. The van der Waals surface area contributed by atoms with Crippen LogP contribution in [0.25, 0.3) is 0 Å². The van der Waals surface area contributed by atoms with Crippen LogP contribution in [0.3, 0.4) is 0 Å². The van der Waals surface area contributed by atoms with Gasteiger partial charge in [0.25, 0.3) is 0 Å². The molecule has 4 heteroatoms. The van der Waals surface area contributed by atoms with E-state index >= 15 is 0 Å². The predicted octanol–water partition coefficient (Wildman–Crippen LogP) is 2.19. The van der Waals surface area contributed by atoms with Crippen LogP contribution in [0.15, 0.2) is 18.2 Å². The third-order valence-electron chi connectivity index (χ3n) is 3.67. The average molecular weight is 264 g/mol. The number of piperidine rings is 1. The van der Waals surface area contributed by atoms with Crippen LogP contribution in [-0.2, 0) is 0 Å². The zero-order chi connectivity index (χ0) is 13.8. The van der Waals surface area contributed by atoms with E-state index in [1.807, 2.05) is 25.1 Å². The summed E-state index contributed by atoms with van der Waals surface area (Å²) < 4.78 is 11.5. The van der Waals surface area contributed by atoms with Gasteiger partial charge < -0.3 is 20.1 Å². The molecule has 2 N–H and O–H groups in total. The number of likely N-dealkylation sites (tertiary alicyclic amines) is 1. The molecule has 1 heterocycles. The molecule has 0 amide bonds. The van der Waals surface area contributed by atoms with Crippen molar-refractivity contribution in [3.8, 4) is 11.5 Å². The maximum Gasteiger partial charge on any atom is 0.161 e. The first-order valence-electron chi connectivity index (χ1n) is 6.89. The monoisotopic (exact) mass is 264 g/mol. The molecule has 1 unspecified atom stereocenters. The summed E-state index contributed by atoms with van der Waals surface area (Å²) >= 11 is 0. The summed E-state index contributed by atoms with van der Waals surface area (Å²) in [4.78, 5) is 2.33. The smallest absolute Gasteiger partial charge is 0.161 e. The minimum Gasteiger partial charge on any atom is -0.493 e. The molecule has 0 radical (unpaired) electrons. The Morgan fingerprint density at radius 2 is 1.95 bits per heavy atom. The molecule has 1 aromatic carbocycles. The van der Waals surface area contributed by atoms with Crippen LogP contribution in [0.2, 0.25) is 0 Å². The topological polar surface area (TPSA) is 47.7 Å². The van der Waals surface area contributed by atoms with Gasteiger partial charge in [0.05, 0.1) is 7.11 Å². The normalized spacial score (nSPS) is 19.2. The molecule has 0 aromatic heterocycles. The maximum atomic E-state index is 6.07. The molecule has 19 heavy (non-hydrogen) atoms. The molecular formula is C15H24N2O2. The third kappa shape index (κ3) is 3.61. The molecule has 0 spiro atoms. The summed E-state index contributed by atoms with van der Waals surface area (Å²) in [6, 6.07) is 5.95. The van der Waals surface area contributed by atoms with E-state index in [0.717, 1.165) is 43.0 Å². The Hall–Kier alpha value is -1.26. The van der Waals surface area contributed by atoms with E-state index in [4.69, 9.17) is 15.2 Å². The van der Waals surface area contributed by atoms with E-state index in [1.54, 1.807) is 7.11 Å². The zero-order valence-corrected chi connectivity index (χ0v) is 12.1. The number of rotatable bonds is 4. The Labute approximate surface area is 115 Å². The summed E-state index contributed by atoms with van der Waals surface area (Å²) in [5.74, 6) is 1.59. The van der Waals surface area contributed by atoms with E-state index in [2.05, 4.69) is 11.9 Å². The van der Waals surface area contributed by atoms with E-state index in [-0.39, 0.29) is 12.1 Å². The van der Waals surface area contributed by atoms with Crippen LogP contribution in [-0.4, -0.2) is 38.3 Å². The van der Waals surface area contributed by atoms with Gasteiger partial charge in [0.2, 0.25) is 0 Å². The Balaban J connectivity index is 2.07. The molecule has 106 valence electrons. The van der Waals surface area contributed by atoms with Crippen molar-refractivity contribution in [3.63, 3.8) is 0 Å². The summed E-state index contributed by atoms with van der Waals surface area (Å²) in [5, 5.41) is 0. The fourth-order valence-electron chi connectivity index (χ4n) is 2.35. The number of ether oxygens (including phenoxy) is 2. The molecule has 0 saturated carbocycles. The van der Waals surface area contributed by atoms with Gasteiger partial charge in [0.15, 0.2) is 11.5 Å². The first kappa shape index (κ1) is 14.2. The average Bonchev–Trinajstić information content (AvgIpc) is 2.41. The lowest BCUT2D eigenvalue weighted by Gasteiger charge is -2.29. The third-order valence-corrected chi connectivity index (χ3v) is 3.67. The van der Waals surface area contributed by atoms with E-state index < -0.39 is 0 Å². The number of hydrogen-bond acceptors (Lipinski definition) is 4. The molecule has 4 nitrogen and oxygen atoms in total. The van der Waals surface area contributed by atoms with Crippen molar-refractivity contribution in [3.05, 3.63) is 23.8 Å². The largest absolute Gasteiger partial charge is 0.493 e. The second kappa shape index (κ2) is 6.26. The molecule has 1 aromatic rings. The lowest BCUT2D eigenvalue weighted by Crippen LogP contribution is -2.35. The van der Waals surface area contributed by atoms with Crippen LogP contribution in [0.1, 0.15) is 31.4 Å². The zero-order valence-electron chi connectivity index (χ0n) is 12.1. The Bertz CT molecular complexity index is 413. The molecule has 0 bridgehead atoms. The Morgan fingerprint density at radius 3 is 2.53 bits per heavy atom. The van der Waals surface area contributed by atoms with Gasteiger partial charge in [0.1, 0.15) is 6.10 Å². The van der Waals surface area contributed by atoms with Gasteiger partial charge >= 0.3 is 0 Å². The van der Waals surface area contributed by atoms with Gasteiger partial charge in [-0.25, -0.2) is 0 Å². The number of nitrogens with zero attached hydrogens (tertiary/aromatic N) is 1. The number of benzene rings is 1. The highest BCUT2D eigenvalue weighted by Crippen LogP contribution is 2.31. The SMILES string of the molecule is COc1cc(C(C)N)ccc1OC1CCN(C)CC1. The minimum atomic E-state index is 0.00581. The minimum absolute atomic E-state index is 0.00581. The predicted molar refractivity (Wildman–Crippen MR) is 76.7 cm³/mol. The highest BCUT2D eigenvalue weighted by Gasteiger charge is 2.19. The van der Waals surface area contributed by atoms with Crippen LogP contribution in [0.4, 0.5) is 0 Å². The molecule has 1 aliphatic rings. The lowest BCUT2D eigenvalue weighted by molar-refractivity contribution is 0.111. The van der Waals surface area contributed by atoms with Crippen molar-refractivity contribution in [2.75, 3.05) is 27.2 Å². The van der Waals surface area contributed by atoms with Gasteiger partial charge in [0, 0.05) is 19.1 Å². The maximum absolute atomic E-state index is 6.07. The van der Waals surface area contributed by atoms with E-state index in [0.29, 0.717) is 0 Å². The highest BCUT2D eigenvalue weighted by molar-refractivity contribution is 5.43. The number of hydrogen-bond donors (Lipinski definition) is 1. The van der Waals surface area contributed by atoms with Crippen molar-refractivity contribution >= 4 is 0 Å². The lowest BCUT2D eigenvalue weighted by atomic mass is 10.1. The van der Waals surface area contributed by atoms with Gasteiger partial charge in [-0.2, -0.15) is 0 Å². The Morgan fingerprint density at radius 1 is 1.26 bits per heavy atom. The van der Waals surface area contributed by atoms with Crippen LogP contribution >= 0.6 is 0 Å². The second-order valence-corrected chi connectivity index (χ2v) is 5.32. The first-order valence-corrected chi connectivity index (χ1v) is 6.89. The molecule has 0 aliphatic carbocycles. The molecule has 2 rings (SSSR count). The Kier molecular flexibility index (Phi) is 4.66. The number of methoxy groups -OCH3 is 1. The first-order chi connectivity index (χ1) is 9.10. The molecule has 1 saturated heterocycles. The quantitative estimate of drug-likeness (QED) is 0.905. The fraction of sp³-hybridized carbons (Fsp3) is 0.600. The van der Waals surface area contributed by atoms with Crippen LogP contribution in [0.5, 0.6) is 11.5 Å². The summed E-state index contributed by atoms with van der Waals surface area (Å²) in [6.07, 6.45) is 2.41. The van der Waals surface area contributed by atoms with Crippen molar-refractivity contribution in [2.45, 2.75) is 31.9 Å². The number of nitrogens with two attached hydrogens (primary N) is 1. The van der Waals surface area contributed by atoms with Crippen LogP contribution in [0, 0.1) is 0 Å². The van der Waals surface area contributed by atoms with Crippen molar-refractivity contribution in [1.29, 1.82) is 0 Å². The summed E-state index contributed by atoms with van der Waals surface area (Å²) in [6.45, 7) is 4.14. The van der Waals surface area contributed by atoms with E-state index in [9.17, 15) is 0 Å². The molecule has 1 aliphatic heterocycles. The van der Waals surface area contributed by atoms with Gasteiger partial charge in [-0.15, -0.1) is 0 Å².